The average molecular weight is 310 g/mol. The van der Waals surface area contributed by atoms with Crippen LogP contribution in [0.3, 0.4) is 0 Å². The van der Waals surface area contributed by atoms with Crippen LogP contribution in [0.1, 0.15) is 34.1 Å². The van der Waals surface area contributed by atoms with Crippen LogP contribution < -0.4 is 0 Å². The molecule has 0 saturated heterocycles. The Labute approximate surface area is 99.6 Å². The first-order chi connectivity index (χ1) is 5.56. The van der Waals surface area contributed by atoms with Gasteiger partial charge in [-0.15, -0.1) is 0 Å². The van der Waals surface area contributed by atoms with Crippen molar-refractivity contribution in [1.82, 2.24) is 0 Å². The van der Waals surface area contributed by atoms with Gasteiger partial charge in [-0.2, -0.15) is 0 Å². The fourth-order valence-corrected chi connectivity index (χ4v) is 0.316. The Morgan fingerprint density at radius 3 is 1.54 bits per heavy atom. The van der Waals surface area contributed by atoms with E-state index < -0.39 is 9.20 Å². The molecule has 0 fully saturated rings. The van der Waals surface area contributed by atoms with Gasteiger partial charge in [-0.05, 0) is 6.92 Å². The molecular formula is C7H14Cl4FeN. The maximum absolute atomic E-state index is 4.95. The van der Waals surface area contributed by atoms with Gasteiger partial charge in [0, 0.05) is 20.8 Å². The van der Waals surface area contributed by atoms with Crippen molar-refractivity contribution in [2.24, 2.45) is 0 Å². The first-order valence-electron chi connectivity index (χ1n) is 3.54. The van der Waals surface area contributed by atoms with Gasteiger partial charge in [0.15, 0.2) is 0 Å². The van der Waals surface area contributed by atoms with Crippen molar-refractivity contribution in [3.8, 4) is 6.07 Å². The van der Waals surface area contributed by atoms with Crippen LogP contribution in [0.25, 0.3) is 4.85 Å². The van der Waals surface area contributed by atoms with Gasteiger partial charge in [0.1, 0.15) is 0 Å². The SMILES string of the molecule is CCC#[N+]C(C)(C)C.[Cl][Fe-]([Cl])([Cl])[Cl]. The second-order valence-electron chi connectivity index (χ2n) is 3.10. The molecule has 0 spiro atoms. The third-order valence-electron chi connectivity index (χ3n) is 0.573. The molecule has 0 amide bonds. The summed E-state index contributed by atoms with van der Waals surface area (Å²) in [4.78, 5) is 4.12. The van der Waals surface area contributed by atoms with Gasteiger partial charge in [0.25, 0.3) is 11.6 Å². The Morgan fingerprint density at radius 2 is 1.46 bits per heavy atom. The second kappa shape index (κ2) is 7.46. The Balaban J connectivity index is 0. The maximum atomic E-state index is 4.95. The molecule has 0 aliphatic carbocycles. The van der Waals surface area contributed by atoms with Crippen molar-refractivity contribution in [3.63, 3.8) is 0 Å². The monoisotopic (exact) mass is 308 g/mol. The van der Waals surface area contributed by atoms with Crippen LogP contribution in [0.5, 0.6) is 0 Å². The zero-order valence-electron chi connectivity index (χ0n) is 8.02. The molecule has 0 N–H and O–H groups in total. The van der Waals surface area contributed by atoms with Crippen LogP contribution in [-0.2, 0) is 9.20 Å². The summed E-state index contributed by atoms with van der Waals surface area (Å²) < 4.78 is 0. The number of rotatable bonds is 0. The fourth-order valence-electron chi connectivity index (χ4n) is 0.316. The van der Waals surface area contributed by atoms with Crippen molar-refractivity contribution in [1.29, 1.82) is 0 Å². The van der Waals surface area contributed by atoms with Crippen LogP contribution in [0, 0.1) is 6.07 Å². The summed E-state index contributed by atoms with van der Waals surface area (Å²) >= 11 is 0. The molecule has 6 heteroatoms. The van der Waals surface area contributed by atoms with E-state index in [0.29, 0.717) is 0 Å². The van der Waals surface area contributed by atoms with Gasteiger partial charge in [-0.3, -0.25) is 0 Å². The quantitative estimate of drug-likeness (QED) is 0.536. The van der Waals surface area contributed by atoms with Gasteiger partial charge in [-0.1, -0.05) is 4.85 Å². The van der Waals surface area contributed by atoms with E-state index in [4.69, 9.17) is 40.4 Å². The molecule has 0 bridgehead atoms. The van der Waals surface area contributed by atoms with E-state index in [2.05, 4.69) is 31.7 Å². The predicted octanol–water partition coefficient (Wildman–Crippen LogP) is 5.28. The summed E-state index contributed by atoms with van der Waals surface area (Å²) in [5.41, 5.74) is 0.0655. The molecule has 0 aromatic rings. The molecule has 13 heavy (non-hydrogen) atoms. The molecule has 0 radical (unpaired) electrons. The minimum atomic E-state index is -2.61. The van der Waals surface area contributed by atoms with E-state index in [-0.39, 0.29) is 5.54 Å². The molecule has 0 aliphatic heterocycles. The summed E-state index contributed by atoms with van der Waals surface area (Å²) in [5.74, 6) is 0. The van der Waals surface area contributed by atoms with Gasteiger partial charge in [0.05, 0.1) is 6.42 Å². The normalized spacial score (nSPS) is 12.0. The molecular weight excluding hydrogens is 296 g/mol. The average Bonchev–Trinajstić information content (AvgIpc) is 1.77. The van der Waals surface area contributed by atoms with Gasteiger partial charge in [0.2, 0.25) is 0 Å². The first-order valence-corrected chi connectivity index (χ1v) is 9.62. The van der Waals surface area contributed by atoms with Crippen molar-refractivity contribution >= 4 is 40.4 Å². The van der Waals surface area contributed by atoms with E-state index in [1.165, 1.54) is 0 Å². The standard InChI is InChI=1S/C7H14N.4ClH.Fe/c1-5-6-8-7(2,3)4;;;;;/h5H2,1-4H3;4*1H;/q+1;;;;;+3/p-4. The molecule has 1 nitrogen and oxygen atoms in total. The molecule has 0 saturated carbocycles. The predicted molar refractivity (Wildman–Crippen MR) is 60.7 cm³/mol. The molecule has 0 atom stereocenters. The van der Waals surface area contributed by atoms with Crippen LogP contribution in [0.2, 0.25) is 0 Å². The van der Waals surface area contributed by atoms with Crippen LogP contribution in [0.15, 0.2) is 0 Å². The zero-order chi connectivity index (χ0) is 11.1. The Hall–Kier alpha value is 1.17. The van der Waals surface area contributed by atoms with E-state index >= 15 is 0 Å². The first kappa shape index (κ1) is 16.6. The molecule has 0 aromatic carbocycles. The Kier molecular flexibility index (Phi) is 9.52. The Morgan fingerprint density at radius 1 is 1.15 bits per heavy atom. The summed E-state index contributed by atoms with van der Waals surface area (Å²) in [6.45, 7) is 8.23. The number of hydrogen-bond donors (Lipinski definition) is 0. The zero-order valence-corrected chi connectivity index (χ0v) is 12.1. The summed E-state index contributed by atoms with van der Waals surface area (Å²) in [5, 5.41) is 0. The van der Waals surface area contributed by atoms with E-state index in [1.54, 1.807) is 0 Å². The molecule has 0 unspecified atom stereocenters. The fraction of sp³-hybridized carbons (Fsp3) is 0.857. The summed E-state index contributed by atoms with van der Waals surface area (Å²) in [6.07, 6.45) is 0.914. The van der Waals surface area contributed by atoms with Crippen molar-refractivity contribution < 1.29 is 9.20 Å². The third kappa shape index (κ3) is 43.2. The van der Waals surface area contributed by atoms with Gasteiger partial charge < -0.3 is 0 Å². The molecule has 83 valence electrons. The van der Waals surface area contributed by atoms with Crippen LogP contribution in [0.4, 0.5) is 0 Å². The molecule has 0 aromatic heterocycles. The van der Waals surface area contributed by atoms with Crippen LogP contribution >= 0.6 is 40.4 Å². The summed E-state index contributed by atoms with van der Waals surface area (Å²) in [7, 11) is 17.2. The molecule has 0 aliphatic rings. The van der Waals surface area contributed by atoms with Crippen molar-refractivity contribution in [2.75, 3.05) is 0 Å². The van der Waals surface area contributed by atoms with E-state index in [1.807, 2.05) is 6.92 Å². The number of hydrogen-bond acceptors (Lipinski definition) is 0. The van der Waals surface area contributed by atoms with E-state index in [0.717, 1.165) is 6.42 Å². The molecule has 0 heterocycles. The summed E-state index contributed by atoms with van der Waals surface area (Å²) in [6, 6.07) is 2.91. The van der Waals surface area contributed by atoms with Gasteiger partial charge in [-0.25, -0.2) is 0 Å². The minimum absolute atomic E-state index is 0.0655. The Bertz CT molecular complexity index is 177. The van der Waals surface area contributed by atoms with Crippen molar-refractivity contribution in [3.05, 3.63) is 4.85 Å². The van der Waals surface area contributed by atoms with Crippen molar-refractivity contribution in [2.45, 2.75) is 39.7 Å². The molecule has 0 rings (SSSR count). The topological polar surface area (TPSA) is 4.36 Å². The third-order valence-corrected chi connectivity index (χ3v) is 0.573. The van der Waals surface area contributed by atoms with Crippen LogP contribution in [-0.4, -0.2) is 5.54 Å². The number of halogens is 4. The van der Waals surface area contributed by atoms with Gasteiger partial charge >= 0.3 is 49.6 Å². The second-order valence-corrected chi connectivity index (χ2v) is 14.0. The number of nitrogens with zero attached hydrogens (tertiary/aromatic N) is 1. The van der Waals surface area contributed by atoms with E-state index in [9.17, 15) is 0 Å².